The molecule has 0 atom stereocenters. The van der Waals surface area contributed by atoms with Gasteiger partial charge in [-0.3, -0.25) is 0 Å². The number of nitrogens with zero attached hydrogens (tertiary/aromatic N) is 1. The molecule has 0 aliphatic rings. The van der Waals surface area contributed by atoms with Crippen molar-refractivity contribution in [3.8, 4) is 11.3 Å². The highest BCUT2D eigenvalue weighted by Gasteiger charge is 2.31. The van der Waals surface area contributed by atoms with E-state index in [1.54, 1.807) is 23.9 Å². The fourth-order valence-corrected chi connectivity index (χ4v) is 2.90. The van der Waals surface area contributed by atoms with Crippen LogP contribution < -0.4 is 0 Å². The van der Waals surface area contributed by atoms with Crippen LogP contribution in [0.4, 0.5) is 13.2 Å². The van der Waals surface area contributed by atoms with E-state index in [1.807, 2.05) is 18.4 Å². The van der Waals surface area contributed by atoms with Gasteiger partial charge >= 0.3 is 12.1 Å². The molecule has 1 aromatic heterocycles. The van der Waals surface area contributed by atoms with E-state index in [4.69, 9.17) is 0 Å². The number of thioether (sulfide) groups is 1. The number of aromatic carboxylic acids is 1. The number of halogens is 3. The number of pyridine rings is 1. The highest BCUT2D eigenvalue weighted by Crippen LogP contribution is 2.33. The predicted molar refractivity (Wildman–Crippen MR) is 90.9 cm³/mol. The summed E-state index contributed by atoms with van der Waals surface area (Å²) in [5.74, 6) is -1.30. The quantitative estimate of drug-likeness (QED) is 0.638. The van der Waals surface area contributed by atoms with E-state index in [2.05, 4.69) is 4.98 Å². The standard InChI is InChI=1S/C18H12F3NO2S/c1-25-12-5-2-10(3-6-12)16-9-14(17(23)24)13-8-11(18(19,20)21)4-7-15(13)22-16/h2-9H,1H3,(H,23,24). The van der Waals surface area contributed by atoms with Crippen LogP contribution in [0.2, 0.25) is 0 Å². The topological polar surface area (TPSA) is 50.2 Å². The lowest BCUT2D eigenvalue weighted by atomic mass is 10.0. The van der Waals surface area contributed by atoms with Gasteiger partial charge in [0.15, 0.2) is 0 Å². The van der Waals surface area contributed by atoms with Crippen LogP contribution in [0.15, 0.2) is 53.4 Å². The largest absolute Gasteiger partial charge is 0.478 e. The zero-order valence-corrected chi connectivity index (χ0v) is 13.8. The van der Waals surface area contributed by atoms with Crippen LogP contribution in [0.25, 0.3) is 22.2 Å². The van der Waals surface area contributed by atoms with Crippen molar-refractivity contribution in [1.82, 2.24) is 4.98 Å². The third-order valence-corrected chi connectivity index (χ3v) is 4.50. The van der Waals surface area contributed by atoms with E-state index in [0.29, 0.717) is 11.3 Å². The Morgan fingerprint density at radius 1 is 1.08 bits per heavy atom. The van der Waals surface area contributed by atoms with E-state index in [-0.39, 0.29) is 16.5 Å². The molecule has 0 amide bonds. The highest BCUT2D eigenvalue weighted by molar-refractivity contribution is 7.98. The summed E-state index contributed by atoms with van der Waals surface area (Å²) in [6, 6.07) is 11.6. The Morgan fingerprint density at radius 2 is 1.76 bits per heavy atom. The average Bonchev–Trinajstić information content (AvgIpc) is 2.59. The minimum Gasteiger partial charge on any atom is -0.478 e. The summed E-state index contributed by atoms with van der Waals surface area (Å²) in [7, 11) is 0. The third kappa shape index (κ3) is 3.46. The first kappa shape index (κ1) is 17.3. The first-order valence-electron chi connectivity index (χ1n) is 7.19. The van der Waals surface area contributed by atoms with E-state index in [9.17, 15) is 23.1 Å². The molecule has 25 heavy (non-hydrogen) atoms. The summed E-state index contributed by atoms with van der Waals surface area (Å²) in [6.07, 6.45) is -2.61. The molecule has 0 radical (unpaired) electrons. The van der Waals surface area contributed by atoms with Gasteiger partial charge in [-0.15, -0.1) is 11.8 Å². The number of rotatable bonds is 3. The molecule has 1 N–H and O–H groups in total. The summed E-state index contributed by atoms with van der Waals surface area (Å²) in [6.45, 7) is 0. The van der Waals surface area contributed by atoms with Gasteiger partial charge in [-0.25, -0.2) is 9.78 Å². The number of aromatic nitrogens is 1. The number of hydrogen-bond acceptors (Lipinski definition) is 3. The zero-order valence-electron chi connectivity index (χ0n) is 13.0. The van der Waals surface area contributed by atoms with Gasteiger partial charge in [-0.1, -0.05) is 12.1 Å². The lowest BCUT2D eigenvalue weighted by Gasteiger charge is -2.11. The van der Waals surface area contributed by atoms with Crippen molar-refractivity contribution in [2.75, 3.05) is 6.26 Å². The minimum absolute atomic E-state index is 0.0354. The molecule has 0 aliphatic heterocycles. The van der Waals surface area contributed by atoms with Crippen molar-refractivity contribution in [2.45, 2.75) is 11.1 Å². The second kappa shape index (κ2) is 6.40. The first-order valence-corrected chi connectivity index (χ1v) is 8.42. The summed E-state index contributed by atoms with van der Waals surface area (Å²) in [5.41, 5.74) is 0.192. The van der Waals surface area contributed by atoms with Crippen molar-refractivity contribution in [3.63, 3.8) is 0 Å². The molecular weight excluding hydrogens is 351 g/mol. The summed E-state index contributed by atoms with van der Waals surface area (Å²) in [4.78, 5) is 16.9. The van der Waals surface area contributed by atoms with Crippen LogP contribution >= 0.6 is 11.8 Å². The zero-order chi connectivity index (χ0) is 18.2. The molecule has 2 aromatic carbocycles. The smallest absolute Gasteiger partial charge is 0.416 e. The minimum atomic E-state index is -4.55. The van der Waals surface area contributed by atoms with Gasteiger partial charge < -0.3 is 5.11 Å². The van der Waals surface area contributed by atoms with Gasteiger partial charge in [0.2, 0.25) is 0 Å². The Hall–Kier alpha value is -2.54. The van der Waals surface area contributed by atoms with Crippen molar-refractivity contribution in [3.05, 3.63) is 59.7 Å². The van der Waals surface area contributed by atoms with Crippen LogP contribution in [0.3, 0.4) is 0 Å². The van der Waals surface area contributed by atoms with Crippen LogP contribution in [-0.4, -0.2) is 22.3 Å². The Morgan fingerprint density at radius 3 is 2.32 bits per heavy atom. The fourth-order valence-electron chi connectivity index (χ4n) is 2.49. The van der Waals surface area contributed by atoms with Crippen LogP contribution in [0, 0.1) is 0 Å². The number of carboxylic acid groups (broad SMARTS) is 1. The Labute approximate surface area is 145 Å². The molecule has 0 bridgehead atoms. The van der Waals surface area contributed by atoms with Crippen molar-refractivity contribution in [2.24, 2.45) is 0 Å². The van der Waals surface area contributed by atoms with Gasteiger partial charge in [-0.05, 0) is 42.7 Å². The molecular formula is C18H12F3NO2S. The maximum atomic E-state index is 12.9. The normalized spacial score (nSPS) is 11.7. The second-order valence-corrected chi connectivity index (χ2v) is 6.20. The van der Waals surface area contributed by atoms with Crippen molar-refractivity contribution in [1.29, 1.82) is 0 Å². The molecule has 0 aliphatic carbocycles. The predicted octanol–water partition coefficient (Wildman–Crippen LogP) is 5.34. The molecule has 0 saturated heterocycles. The summed E-state index contributed by atoms with van der Waals surface area (Å²) in [5, 5.41) is 9.38. The van der Waals surface area contributed by atoms with Crippen LogP contribution in [-0.2, 0) is 6.18 Å². The maximum Gasteiger partial charge on any atom is 0.416 e. The van der Waals surface area contributed by atoms with Gasteiger partial charge in [-0.2, -0.15) is 13.2 Å². The van der Waals surface area contributed by atoms with Gasteiger partial charge in [0.25, 0.3) is 0 Å². The van der Waals surface area contributed by atoms with Crippen LogP contribution in [0.5, 0.6) is 0 Å². The molecule has 3 nitrogen and oxygen atoms in total. The number of alkyl halides is 3. The van der Waals surface area contributed by atoms with E-state index >= 15 is 0 Å². The lowest BCUT2D eigenvalue weighted by molar-refractivity contribution is -0.137. The van der Waals surface area contributed by atoms with Crippen molar-refractivity contribution >= 4 is 28.6 Å². The number of carbonyl (C=O) groups is 1. The second-order valence-electron chi connectivity index (χ2n) is 5.32. The van der Waals surface area contributed by atoms with Gasteiger partial charge in [0, 0.05) is 15.8 Å². The van der Waals surface area contributed by atoms with E-state index in [0.717, 1.165) is 17.0 Å². The summed E-state index contributed by atoms with van der Waals surface area (Å²) >= 11 is 1.57. The molecule has 0 spiro atoms. The Bertz CT molecular complexity index is 953. The fraction of sp³-hybridized carbons (Fsp3) is 0.111. The maximum absolute atomic E-state index is 12.9. The lowest BCUT2D eigenvalue weighted by Crippen LogP contribution is -2.06. The highest BCUT2D eigenvalue weighted by atomic mass is 32.2. The molecule has 1 heterocycles. The first-order chi connectivity index (χ1) is 11.8. The Kier molecular flexibility index (Phi) is 4.43. The van der Waals surface area contributed by atoms with E-state index < -0.39 is 17.7 Å². The molecule has 128 valence electrons. The van der Waals surface area contributed by atoms with E-state index in [1.165, 1.54) is 12.1 Å². The molecule has 0 fully saturated rings. The molecule has 3 aromatic rings. The number of fused-ring (bicyclic) bond motifs is 1. The van der Waals surface area contributed by atoms with Crippen molar-refractivity contribution < 1.29 is 23.1 Å². The van der Waals surface area contributed by atoms with Gasteiger partial charge in [0.05, 0.1) is 22.3 Å². The van der Waals surface area contributed by atoms with Crippen LogP contribution in [0.1, 0.15) is 15.9 Å². The Balaban J connectivity index is 2.21. The van der Waals surface area contributed by atoms with Gasteiger partial charge in [0.1, 0.15) is 0 Å². The number of carboxylic acids is 1. The molecule has 0 unspecified atom stereocenters. The monoisotopic (exact) mass is 363 g/mol. The average molecular weight is 363 g/mol. The third-order valence-electron chi connectivity index (χ3n) is 3.75. The SMILES string of the molecule is CSc1ccc(-c2cc(C(=O)O)c3cc(C(F)(F)F)ccc3n2)cc1. The molecule has 0 saturated carbocycles. The number of benzene rings is 2. The summed E-state index contributed by atoms with van der Waals surface area (Å²) < 4.78 is 38.7. The molecule has 7 heteroatoms. The molecule has 3 rings (SSSR count). The number of hydrogen-bond donors (Lipinski definition) is 1.